The van der Waals surface area contributed by atoms with E-state index >= 15 is 0 Å². The monoisotopic (exact) mass is 196 g/mol. The van der Waals surface area contributed by atoms with Gasteiger partial charge in [-0.05, 0) is 12.1 Å². The second-order valence-electron chi connectivity index (χ2n) is 2.78. The molecule has 1 aromatic rings. The number of hydrogen-bond acceptors (Lipinski definition) is 4. The molecule has 0 bridgehead atoms. The minimum absolute atomic E-state index is 0.215. The van der Waals surface area contributed by atoms with E-state index in [2.05, 4.69) is 5.32 Å². The van der Waals surface area contributed by atoms with Crippen LogP contribution in [0.1, 0.15) is 10.4 Å². The number of rotatable bonds is 3. The largest absolute Gasteiger partial charge is 0.398 e. The Bertz CT molecular complexity index is 326. The van der Waals surface area contributed by atoms with Crippen molar-refractivity contribution in [1.29, 1.82) is 0 Å². The average Bonchev–Trinajstić information content (AvgIpc) is 2.15. The fraction of sp³-hybridized carbons (Fsp3) is 0.222. The number of carbonyl (C=O) groups is 1. The highest BCUT2D eigenvalue weighted by molar-refractivity contribution is 5.99. The van der Waals surface area contributed by atoms with Crippen LogP contribution in [0.15, 0.2) is 24.3 Å². The molecule has 14 heavy (non-hydrogen) atoms. The number of nitrogen functional groups attached to an aromatic ring is 1. The van der Waals surface area contributed by atoms with Gasteiger partial charge in [-0.15, -0.1) is 0 Å². The van der Waals surface area contributed by atoms with Gasteiger partial charge in [0.05, 0.1) is 12.1 Å². The summed E-state index contributed by atoms with van der Waals surface area (Å²) in [6.45, 7) is -0.215. The van der Waals surface area contributed by atoms with Crippen molar-refractivity contribution in [2.75, 3.05) is 12.3 Å². The molecule has 0 aliphatic carbocycles. The normalized spacial score (nSPS) is 10.2. The summed E-state index contributed by atoms with van der Waals surface area (Å²) in [7, 11) is 0. The fourth-order valence-electron chi connectivity index (χ4n) is 0.983. The van der Waals surface area contributed by atoms with Crippen molar-refractivity contribution in [2.24, 2.45) is 0 Å². The van der Waals surface area contributed by atoms with Gasteiger partial charge >= 0.3 is 0 Å². The Labute approximate surface area is 81.2 Å². The molecule has 0 aliphatic rings. The standard InChI is InChI=1S/C9H12N2O3/c10-7-4-2-1-3-6(7)9(14)11-5-8(12)13/h1-4,8,12-13H,5,10H2,(H,11,14). The van der Waals surface area contributed by atoms with Crippen LogP contribution in [-0.4, -0.2) is 29.0 Å². The number of amides is 1. The first-order valence-electron chi connectivity index (χ1n) is 4.10. The van der Waals surface area contributed by atoms with Crippen molar-refractivity contribution in [3.8, 4) is 0 Å². The predicted molar refractivity (Wildman–Crippen MR) is 51.4 cm³/mol. The summed E-state index contributed by atoms with van der Waals surface area (Å²) < 4.78 is 0. The first-order chi connectivity index (χ1) is 6.61. The maximum atomic E-state index is 11.4. The molecular weight excluding hydrogens is 184 g/mol. The van der Waals surface area contributed by atoms with Crippen LogP contribution < -0.4 is 11.1 Å². The number of hydrogen-bond donors (Lipinski definition) is 4. The number of aliphatic hydroxyl groups is 2. The highest BCUT2D eigenvalue weighted by Gasteiger charge is 2.08. The van der Waals surface area contributed by atoms with E-state index in [1.165, 1.54) is 0 Å². The van der Waals surface area contributed by atoms with Crippen LogP contribution in [0.4, 0.5) is 5.69 Å². The van der Waals surface area contributed by atoms with Gasteiger partial charge in [0.15, 0.2) is 6.29 Å². The third kappa shape index (κ3) is 2.72. The van der Waals surface area contributed by atoms with Crippen molar-refractivity contribution in [1.82, 2.24) is 5.32 Å². The molecule has 0 spiro atoms. The van der Waals surface area contributed by atoms with Crippen molar-refractivity contribution < 1.29 is 15.0 Å². The lowest BCUT2D eigenvalue weighted by molar-refractivity contribution is -0.0361. The maximum Gasteiger partial charge on any atom is 0.253 e. The Balaban J connectivity index is 2.65. The van der Waals surface area contributed by atoms with Crippen molar-refractivity contribution in [3.05, 3.63) is 29.8 Å². The van der Waals surface area contributed by atoms with Gasteiger partial charge in [-0.25, -0.2) is 0 Å². The molecule has 1 amide bonds. The van der Waals surface area contributed by atoms with Gasteiger partial charge in [-0.3, -0.25) is 4.79 Å². The topological polar surface area (TPSA) is 95.6 Å². The summed E-state index contributed by atoms with van der Waals surface area (Å²) in [4.78, 5) is 11.4. The molecule has 5 nitrogen and oxygen atoms in total. The van der Waals surface area contributed by atoms with Gasteiger partial charge in [0.1, 0.15) is 0 Å². The van der Waals surface area contributed by atoms with Crippen LogP contribution in [-0.2, 0) is 0 Å². The quantitative estimate of drug-likeness (QED) is 0.380. The summed E-state index contributed by atoms with van der Waals surface area (Å²) in [6, 6.07) is 6.56. The highest BCUT2D eigenvalue weighted by Crippen LogP contribution is 2.09. The van der Waals surface area contributed by atoms with E-state index < -0.39 is 12.2 Å². The van der Waals surface area contributed by atoms with E-state index in [9.17, 15) is 4.79 Å². The molecule has 0 saturated carbocycles. The Kier molecular flexibility index (Phi) is 3.44. The van der Waals surface area contributed by atoms with E-state index in [1.54, 1.807) is 24.3 Å². The first-order valence-corrected chi connectivity index (χ1v) is 4.10. The fourth-order valence-corrected chi connectivity index (χ4v) is 0.983. The zero-order chi connectivity index (χ0) is 10.6. The summed E-state index contributed by atoms with van der Waals surface area (Å²) in [5.74, 6) is -0.420. The van der Waals surface area contributed by atoms with Crippen LogP contribution in [0.25, 0.3) is 0 Å². The van der Waals surface area contributed by atoms with Crippen molar-refractivity contribution in [3.63, 3.8) is 0 Å². The third-order valence-corrected chi connectivity index (χ3v) is 1.65. The minimum atomic E-state index is -1.55. The lowest BCUT2D eigenvalue weighted by Gasteiger charge is -2.07. The smallest absolute Gasteiger partial charge is 0.253 e. The van der Waals surface area contributed by atoms with Crippen LogP contribution in [0, 0.1) is 0 Å². The van der Waals surface area contributed by atoms with E-state index in [1.807, 2.05) is 0 Å². The van der Waals surface area contributed by atoms with Crippen LogP contribution in [0.2, 0.25) is 0 Å². The van der Waals surface area contributed by atoms with Crippen LogP contribution in [0.5, 0.6) is 0 Å². The molecule has 0 unspecified atom stereocenters. The van der Waals surface area contributed by atoms with E-state index in [-0.39, 0.29) is 6.54 Å². The Morgan fingerprint density at radius 2 is 2.07 bits per heavy atom. The number of anilines is 1. The second-order valence-corrected chi connectivity index (χ2v) is 2.78. The molecule has 0 radical (unpaired) electrons. The second kappa shape index (κ2) is 4.59. The minimum Gasteiger partial charge on any atom is -0.398 e. The van der Waals surface area contributed by atoms with Crippen LogP contribution in [0.3, 0.4) is 0 Å². The van der Waals surface area contributed by atoms with Gasteiger partial charge in [0.25, 0.3) is 5.91 Å². The predicted octanol–water partition coefficient (Wildman–Crippen LogP) is -0.691. The van der Waals surface area contributed by atoms with Gasteiger partial charge < -0.3 is 21.3 Å². The molecule has 76 valence electrons. The Morgan fingerprint density at radius 3 is 2.64 bits per heavy atom. The lowest BCUT2D eigenvalue weighted by Crippen LogP contribution is -2.32. The van der Waals surface area contributed by atoms with E-state index in [0.29, 0.717) is 11.3 Å². The van der Waals surface area contributed by atoms with Gasteiger partial charge in [0.2, 0.25) is 0 Å². The molecule has 0 saturated heterocycles. The SMILES string of the molecule is Nc1ccccc1C(=O)NCC(O)O. The molecule has 1 rings (SSSR count). The molecule has 0 aromatic heterocycles. The Hall–Kier alpha value is -1.59. The molecule has 1 aromatic carbocycles. The van der Waals surface area contributed by atoms with Crippen molar-refractivity contribution in [2.45, 2.75) is 6.29 Å². The summed E-state index contributed by atoms with van der Waals surface area (Å²) in [5, 5.41) is 19.4. The van der Waals surface area contributed by atoms with Crippen molar-refractivity contribution >= 4 is 11.6 Å². The molecule has 5 heteroatoms. The van der Waals surface area contributed by atoms with Crippen LogP contribution >= 0.6 is 0 Å². The number of nitrogens with two attached hydrogens (primary N) is 1. The number of aliphatic hydroxyl groups excluding tert-OH is 1. The number of para-hydroxylation sites is 1. The van der Waals surface area contributed by atoms with Gasteiger partial charge in [0, 0.05) is 5.69 Å². The summed E-state index contributed by atoms with van der Waals surface area (Å²) >= 11 is 0. The zero-order valence-electron chi connectivity index (χ0n) is 7.47. The van der Waals surface area contributed by atoms with E-state index in [4.69, 9.17) is 15.9 Å². The highest BCUT2D eigenvalue weighted by atomic mass is 16.5. The maximum absolute atomic E-state index is 11.4. The number of nitrogens with one attached hydrogen (secondary N) is 1. The van der Waals surface area contributed by atoms with E-state index in [0.717, 1.165) is 0 Å². The molecule has 0 atom stereocenters. The number of carbonyl (C=O) groups excluding carboxylic acids is 1. The molecular formula is C9H12N2O3. The van der Waals surface area contributed by atoms with Gasteiger partial charge in [-0.2, -0.15) is 0 Å². The molecule has 0 heterocycles. The molecule has 5 N–H and O–H groups in total. The average molecular weight is 196 g/mol. The lowest BCUT2D eigenvalue weighted by atomic mass is 10.2. The molecule has 0 fully saturated rings. The zero-order valence-corrected chi connectivity index (χ0v) is 7.47. The first kappa shape index (κ1) is 10.5. The van der Waals surface area contributed by atoms with Gasteiger partial charge in [-0.1, -0.05) is 12.1 Å². The summed E-state index contributed by atoms with van der Waals surface area (Å²) in [5.41, 5.74) is 6.23. The summed E-state index contributed by atoms with van der Waals surface area (Å²) in [6.07, 6.45) is -1.55. The molecule has 0 aliphatic heterocycles. The number of benzene rings is 1. The Morgan fingerprint density at radius 1 is 1.43 bits per heavy atom. The third-order valence-electron chi connectivity index (χ3n) is 1.65.